The van der Waals surface area contributed by atoms with Gasteiger partial charge in [-0.2, -0.15) is 10.4 Å². The first-order valence-electron chi connectivity index (χ1n) is 31.4. The van der Waals surface area contributed by atoms with Crippen molar-refractivity contribution in [3.8, 4) is 23.0 Å². The van der Waals surface area contributed by atoms with Gasteiger partial charge in [-0.05, 0) is 125 Å². The molecule has 6 aromatic rings. The molecule has 25 nitrogen and oxygen atoms in total. The number of unbranched alkanes of at least 4 members (excludes halogenated alkanes) is 1. The van der Waals surface area contributed by atoms with Crippen LogP contribution in [0, 0.1) is 0 Å². The molecular formula is C71H95N2O23Si2+. The number of benzene rings is 6. The van der Waals surface area contributed by atoms with Crippen LogP contribution >= 0.6 is 0 Å². The maximum Gasteiger partial charge on any atom is 0.521 e. The summed E-state index contributed by atoms with van der Waals surface area (Å²) in [5.74, 6) is 0.830. The summed E-state index contributed by atoms with van der Waals surface area (Å²) in [4.78, 5) is 64.2. The van der Waals surface area contributed by atoms with Gasteiger partial charge in [0.05, 0.1) is 67.2 Å². The average Bonchev–Trinajstić information content (AvgIpc) is 0.766. The summed E-state index contributed by atoms with van der Waals surface area (Å²) in [6.07, 6.45) is 2.92. The zero-order valence-electron chi connectivity index (χ0n) is 56.6. The van der Waals surface area contributed by atoms with Gasteiger partial charge in [-0.1, -0.05) is 123 Å². The summed E-state index contributed by atoms with van der Waals surface area (Å²) in [6, 6.07) is 48.1. The number of methoxy groups -OCH3 is 4. The lowest BCUT2D eigenvalue weighted by molar-refractivity contribution is -1.19. The van der Waals surface area contributed by atoms with Gasteiger partial charge in [0, 0.05) is 52.0 Å². The molecule has 0 bridgehead atoms. The summed E-state index contributed by atoms with van der Waals surface area (Å²) in [5.41, 5.74) is 7.86. The molecule has 0 aliphatic carbocycles. The van der Waals surface area contributed by atoms with Crippen LogP contribution in [-0.2, 0) is 62.5 Å². The van der Waals surface area contributed by atoms with Crippen LogP contribution in [0.25, 0.3) is 0 Å². The predicted molar refractivity (Wildman–Crippen MR) is 365 cm³/mol. The minimum absolute atomic E-state index is 0.00484. The number of hydrogen-bond acceptors (Lipinski definition) is 24. The fraction of sp³-hybridized carbons (Fsp3) is 0.366. The molecule has 0 amide bonds. The van der Waals surface area contributed by atoms with E-state index in [0.29, 0.717) is 67.8 Å². The van der Waals surface area contributed by atoms with E-state index in [1.165, 1.54) is 52.7 Å². The van der Waals surface area contributed by atoms with Crippen molar-refractivity contribution in [3.63, 3.8) is 0 Å². The van der Waals surface area contributed by atoms with Crippen molar-refractivity contribution in [2.45, 2.75) is 87.1 Å². The second-order valence-electron chi connectivity index (χ2n) is 21.7. The van der Waals surface area contributed by atoms with E-state index < -0.39 is 70.9 Å². The second-order valence-corrected chi connectivity index (χ2v) is 26.8. The summed E-state index contributed by atoms with van der Waals surface area (Å²) in [7, 11) is 4.16. The number of nitrogens with two attached hydrogens (primary N) is 1. The average molecular weight is 1400 g/mol. The Balaban J connectivity index is 0.000000370. The van der Waals surface area contributed by atoms with Gasteiger partial charge in [-0.25, -0.2) is 4.79 Å². The highest BCUT2D eigenvalue weighted by Gasteiger charge is 2.40. The Morgan fingerprint density at radius 2 is 1.03 bits per heavy atom. The maximum absolute atomic E-state index is 12.4. The lowest BCUT2D eigenvalue weighted by Crippen LogP contribution is -3.01. The molecule has 3 atom stereocenters. The number of carbonyl (C=O) groups is 3. The fourth-order valence-electron chi connectivity index (χ4n) is 9.70. The number of allylic oxidation sites excluding steroid dienone is 1. The van der Waals surface area contributed by atoms with Gasteiger partial charge in [-0.3, -0.25) is 9.59 Å². The van der Waals surface area contributed by atoms with Crippen molar-refractivity contribution in [2.75, 3.05) is 82.7 Å². The molecule has 534 valence electrons. The Labute approximate surface area is 574 Å². The van der Waals surface area contributed by atoms with Crippen molar-refractivity contribution >= 4 is 41.4 Å². The minimum atomic E-state index is -3.28. The molecule has 0 aromatic heterocycles. The van der Waals surface area contributed by atoms with Crippen molar-refractivity contribution in [2.24, 2.45) is 5.73 Å². The Morgan fingerprint density at radius 3 is 1.53 bits per heavy atom. The van der Waals surface area contributed by atoms with Crippen LogP contribution in [0.4, 0.5) is 10.5 Å². The van der Waals surface area contributed by atoms with Crippen molar-refractivity contribution in [1.82, 2.24) is 0 Å². The molecule has 0 fully saturated rings. The number of nitrogens with one attached hydrogen (secondary N) is 1. The zero-order chi connectivity index (χ0) is 72.0. The molecule has 0 saturated carbocycles. The molecular weight excluding hydrogens is 1300 g/mol. The van der Waals surface area contributed by atoms with E-state index in [9.17, 15) is 29.4 Å². The monoisotopic (exact) mass is 1400 g/mol. The molecule has 0 saturated heterocycles. The van der Waals surface area contributed by atoms with Gasteiger partial charge in [0.25, 0.3) is 0 Å². The lowest BCUT2D eigenvalue weighted by atomic mass is 9.80. The Kier molecular flexibility index (Phi) is 36.5. The van der Waals surface area contributed by atoms with Crippen LogP contribution < -0.4 is 29.9 Å². The molecule has 6 rings (SSSR count). The fourth-order valence-corrected chi connectivity index (χ4v) is 11.8. The van der Waals surface area contributed by atoms with E-state index in [1.54, 1.807) is 45.6 Å². The Bertz CT molecular complexity index is 3260. The summed E-state index contributed by atoms with van der Waals surface area (Å²) in [6.45, 7) is 8.73. The number of carbonyl (C=O) groups excluding carboxylic acids is 3. The highest BCUT2D eigenvalue weighted by Crippen LogP contribution is 2.43. The summed E-state index contributed by atoms with van der Waals surface area (Å²) in [5, 5.41) is 38.0. The van der Waals surface area contributed by atoms with Gasteiger partial charge < -0.3 is 91.0 Å². The topological polar surface area (TPSA) is 343 Å². The molecule has 0 spiro atoms. The molecule has 6 aromatic carbocycles. The van der Waals surface area contributed by atoms with Crippen molar-refractivity contribution < 1.29 is 115 Å². The first-order chi connectivity index (χ1) is 47.0. The van der Waals surface area contributed by atoms with Crippen LogP contribution in [0.5, 0.6) is 23.0 Å². The molecule has 98 heavy (non-hydrogen) atoms. The van der Waals surface area contributed by atoms with Gasteiger partial charge in [0.2, 0.25) is 0 Å². The van der Waals surface area contributed by atoms with Crippen molar-refractivity contribution in [3.05, 3.63) is 222 Å². The van der Waals surface area contributed by atoms with E-state index in [0.717, 1.165) is 39.3 Å². The number of aliphatic hydroxyl groups excluding tert-OH is 2. The van der Waals surface area contributed by atoms with E-state index in [4.69, 9.17) is 77.2 Å². The largest absolute Gasteiger partial charge is 0.521 e. The van der Waals surface area contributed by atoms with Gasteiger partial charge >= 0.3 is 35.7 Å². The predicted octanol–water partition coefficient (Wildman–Crippen LogP) is 8.38. The maximum atomic E-state index is 12.4. The number of hydrogen-bond donors (Lipinski definition) is 9. The van der Waals surface area contributed by atoms with E-state index in [-0.39, 0.29) is 50.7 Å². The molecule has 3 unspecified atom stereocenters. The number of quaternary nitrogens is 1. The molecule has 0 radical (unpaired) electrons. The Morgan fingerprint density at radius 1 is 0.541 bits per heavy atom. The van der Waals surface area contributed by atoms with Crippen LogP contribution in [0.15, 0.2) is 194 Å². The molecule has 0 aliphatic heterocycles. The van der Waals surface area contributed by atoms with Gasteiger partial charge in [0.15, 0.2) is 12.0 Å². The lowest BCUT2D eigenvalue weighted by Gasteiger charge is -2.36. The number of aliphatic hydroxyl groups is 2. The van der Waals surface area contributed by atoms with E-state index in [1.807, 2.05) is 121 Å². The smallest absolute Gasteiger partial charge is 0.497 e. The third kappa shape index (κ3) is 27.0. The normalized spacial score (nSPS) is 12.7. The molecule has 0 heterocycles. The SMILES string of the molecule is C=C(/C=C\C(=C)C(OCCOC(=O)CCC(=O)OC(=O)Oc1ccc([NH+](O)O)cc1)(c1ccccc1)c1ccc(OC)cc1)OC.CO[Si](O)(O)CCCN.COc1ccc(C(OCCOC(O)CCC(O)CCCC[Si](O)(OC)OC)(c2ccccc2)c2ccc(OC)cc2)cc1. The molecule has 10 N–H and O–H groups in total. The first kappa shape index (κ1) is 82.4. The van der Waals surface area contributed by atoms with Crippen LogP contribution in [0.2, 0.25) is 12.1 Å². The number of ether oxygens (including phenoxy) is 10. The molecule has 27 heteroatoms. The third-order valence-electron chi connectivity index (χ3n) is 15.2. The molecule has 0 aliphatic rings. The number of esters is 2. The highest BCUT2D eigenvalue weighted by atomic mass is 28.4. The Hall–Kier alpha value is -8.02. The highest BCUT2D eigenvalue weighted by molar-refractivity contribution is 6.59. The summed E-state index contributed by atoms with van der Waals surface area (Å²) >= 11 is 0. The second kappa shape index (κ2) is 43.4. The van der Waals surface area contributed by atoms with Gasteiger partial charge in [0.1, 0.15) is 46.6 Å². The van der Waals surface area contributed by atoms with Gasteiger partial charge in [-0.15, -0.1) is 0 Å². The third-order valence-corrected chi connectivity index (χ3v) is 19.1. The van der Waals surface area contributed by atoms with E-state index in [2.05, 4.69) is 22.3 Å². The van der Waals surface area contributed by atoms with Crippen LogP contribution in [-0.4, -0.2) is 166 Å². The quantitative estimate of drug-likeness (QED) is 0.00167. The first-order valence-corrected chi connectivity index (χ1v) is 35.4. The van der Waals surface area contributed by atoms with Crippen LogP contribution in [0.1, 0.15) is 79.2 Å². The summed E-state index contributed by atoms with van der Waals surface area (Å²) < 4.78 is 69.5. The van der Waals surface area contributed by atoms with E-state index >= 15 is 0 Å². The number of rotatable bonds is 40. The minimum Gasteiger partial charge on any atom is -0.497 e. The van der Waals surface area contributed by atoms with Crippen LogP contribution in [0.3, 0.4) is 0 Å². The standard InChI is InChI=1S/C34H35NO11.C33H46O9Si.C4H13NO3Si/c1-24(10-11-25(2)41-3)34(26-8-6-5-7-9-26,27-12-16-29(42-4)17-13-27)44-23-22-43-31(36)20-21-32(37)46-33(38)45-30-18-14-28(15-19-30)35(39)40;1-37-30-18-13-27(14-19-30)33(26-10-6-5-7-11-26,28-15-20-31(38-2)21-16-28)42-24-23-41-32(35)22-17-29(34)12-8-9-25-43(36,39-3)40-4;1-8-9(6,7)4-2-3-5/h5-19,39-40H,1-2,20-23H2,3-4H3;5-7,10-11,13-16,18-21,29,32,34-36H,8-9,12,17,22-25H2,1-4H3;6-7H,2-5H2,1H3/p+1/b11-10-;;. The zero-order valence-corrected chi connectivity index (χ0v) is 58.6. The van der Waals surface area contributed by atoms with Crippen molar-refractivity contribution in [1.29, 1.82) is 0 Å².